The monoisotopic (exact) mass is 216 g/mol. The summed E-state index contributed by atoms with van der Waals surface area (Å²) in [6.45, 7) is 9.13. The molecule has 15 heavy (non-hydrogen) atoms. The van der Waals surface area contributed by atoms with Gasteiger partial charge in [-0.1, -0.05) is 34.1 Å². The van der Waals surface area contributed by atoms with Crippen molar-refractivity contribution < 1.29 is 4.79 Å². The van der Waals surface area contributed by atoms with Gasteiger partial charge in [-0.05, 0) is 19.4 Å². The number of nitrogens with one attached hydrogen (secondary N) is 1. The van der Waals surface area contributed by atoms with Crippen molar-refractivity contribution >= 4 is 5.91 Å². The lowest BCUT2D eigenvalue weighted by Gasteiger charge is -2.20. The smallest absolute Gasteiger partial charge is 0.239 e. The van der Waals surface area contributed by atoms with Crippen LogP contribution in [0.4, 0.5) is 0 Å². The molecule has 0 radical (unpaired) electrons. The molecule has 0 aromatic rings. The van der Waals surface area contributed by atoms with Crippen LogP contribution in [0.1, 0.15) is 47.0 Å². The topological polar surface area (TPSA) is 32.3 Å². The largest absolute Gasteiger partial charge is 0.347 e. The molecule has 0 aliphatic rings. The fourth-order valence-electron chi connectivity index (χ4n) is 1.23. The third kappa shape index (κ3) is 8.43. The number of nitrogens with zero attached hydrogens (tertiary/aromatic N) is 1. The van der Waals surface area contributed by atoms with E-state index in [0.29, 0.717) is 0 Å². The van der Waals surface area contributed by atoms with E-state index in [2.05, 4.69) is 19.2 Å². The van der Waals surface area contributed by atoms with E-state index in [1.807, 2.05) is 13.8 Å². The minimum atomic E-state index is 0.0138. The predicted octanol–water partition coefficient (Wildman–Crippen LogP) is 2.27. The highest BCUT2D eigenvalue weighted by Gasteiger charge is 2.17. The van der Waals surface area contributed by atoms with Crippen LogP contribution in [-0.4, -0.2) is 37.5 Å². The predicted molar refractivity (Wildman–Crippen MR) is 67.0 cm³/mol. The third-order valence-electron chi connectivity index (χ3n) is 1.96. The first-order chi connectivity index (χ1) is 7.13. The Kier molecular flexibility index (Phi) is 12.9. The zero-order valence-electron chi connectivity index (χ0n) is 11.3. The fraction of sp³-hybridized carbons (Fsp3) is 0.917. The van der Waals surface area contributed by atoms with E-state index in [1.165, 1.54) is 0 Å². The second-order valence-electron chi connectivity index (χ2n) is 3.53. The summed E-state index contributed by atoms with van der Waals surface area (Å²) in [6, 6.07) is 0.0138. The molecule has 1 unspecified atom stereocenters. The number of carbonyl (C=O) groups excluding carboxylic acids is 1. The van der Waals surface area contributed by atoms with E-state index in [9.17, 15) is 4.79 Å². The Hall–Kier alpha value is -0.570. The maximum absolute atomic E-state index is 11.6. The first kappa shape index (κ1) is 16.8. The van der Waals surface area contributed by atoms with E-state index in [-0.39, 0.29) is 11.9 Å². The molecular formula is C12H28N2O. The van der Waals surface area contributed by atoms with Gasteiger partial charge in [0.2, 0.25) is 5.91 Å². The van der Waals surface area contributed by atoms with Crippen LogP contribution in [0.15, 0.2) is 0 Å². The summed E-state index contributed by atoms with van der Waals surface area (Å²) in [6.07, 6.45) is 3.04. The van der Waals surface area contributed by atoms with Crippen molar-refractivity contribution in [3.63, 3.8) is 0 Å². The van der Waals surface area contributed by atoms with Gasteiger partial charge in [0.05, 0.1) is 6.04 Å². The van der Waals surface area contributed by atoms with Gasteiger partial charge in [-0.25, -0.2) is 0 Å². The van der Waals surface area contributed by atoms with Gasteiger partial charge < -0.3 is 10.2 Å². The van der Waals surface area contributed by atoms with Gasteiger partial charge in [0.15, 0.2) is 0 Å². The second kappa shape index (κ2) is 11.5. The quantitative estimate of drug-likeness (QED) is 0.738. The number of rotatable bonds is 6. The molecule has 0 saturated heterocycles. The maximum Gasteiger partial charge on any atom is 0.239 e. The van der Waals surface area contributed by atoms with Crippen molar-refractivity contribution in [2.24, 2.45) is 0 Å². The molecular weight excluding hydrogens is 188 g/mol. The van der Waals surface area contributed by atoms with Gasteiger partial charge in [-0.2, -0.15) is 0 Å². The number of hydrogen-bond acceptors (Lipinski definition) is 2. The van der Waals surface area contributed by atoms with Crippen LogP contribution in [0.3, 0.4) is 0 Å². The van der Waals surface area contributed by atoms with Crippen LogP contribution in [0.5, 0.6) is 0 Å². The van der Waals surface area contributed by atoms with Crippen molar-refractivity contribution in [2.75, 3.05) is 20.6 Å². The second-order valence-corrected chi connectivity index (χ2v) is 3.53. The van der Waals surface area contributed by atoms with Crippen molar-refractivity contribution in [1.29, 1.82) is 0 Å². The van der Waals surface area contributed by atoms with E-state index in [1.54, 1.807) is 19.0 Å². The van der Waals surface area contributed by atoms with Gasteiger partial charge in [-0.15, -0.1) is 0 Å². The zero-order valence-corrected chi connectivity index (χ0v) is 11.3. The highest BCUT2D eigenvalue weighted by atomic mass is 16.2. The molecule has 3 nitrogen and oxygen atoms in total. The van der Waals surface area contributed by atoms with Crippen LogP contribution in [-0.2, 0) is 4.79 Å². The summed E-state index contributed by atoms with van der Waals surface area (Å²) in [4.78, 5) is 13.3. The van der Waals surface area contributed by atoms with E-state index in [4.69, 9.17) is 0 Å². The molecule has 1 N–H and O–H groups in total. The zero-order chi connectivity index (χ0) is 12.3. The number of likely N-dealkylation sites (N-methyl/N-ethyl adjacent to an activating group) is 1. The lowest BCUT2D eigenvalue weighted by Crippen LogP contribution is -2.43. The van der Waals surface area contributed by atoms with Gasteiger partial charge in [0, 0.05) is 14.1 Å². The van der Waals surface area contributed by atoms with Crippen molar-refractivity contribution in [2.45, 2.75) is 53.0 Å². The molecule has 92 valence electrons. The molecule has 0 aliphatic heterocycles. The molecule has 3 heteroatoms. The summed E-state index contributed by atoms with van der Waals surface area (Å²) in [5, 5.41) is 3.26. The van der Waals surface area contributed by atoms with Crippen LogP contribution in [0.2, 0.25) is 0 Å². The Bertz CT molecular complexity index is 147. The third-order valence-corrected chi connectivity index (χ3v) is 1.96. The molecule has 0 aromatic carbocycles. The average Bonchev–Trinajstić information content (AvgIpc) is 2.26. The molecule has 0 saturated carbocycles. The van der Waals surface area contributed by atoms with Gasteiger partial charge >= 0.3 is 0 Å². The standard InChI is InChI=1S/C10H22N2O.C2H6/c1-5-7-9(11-8-6-2)10(13)12(3)4;1-2/h9,11H,5-8H2,1-4H3;1-2H3. The first-order valence-corrected chi connectivity index (χ1v) is 6.08. The molecule has 0 aliphatic carbocycles. The van der Waals surface area contributed by atoms with Crippen molar-refractivity contribution in [3.8, 4) is 0 Å². The van der Waals surface area contributed by atoms with Crippen LogP contribution in [0, 0.1) is 0 Å². The summed E-state index contributed by atoms with van der Waals surface area (Å²) in [5.74, 6) is 0.190. The Morgan fingerprint density at radius 1 is 1.20 bits per heavy atom. The summed E-state index contributed by atoms with van der Waals surface area (Å²) < 4.78 is 0. The van der Waals surface area contributed by atoms with Crippen LogP contribution < -0.4 is 5.32 Å². The Morgan fingerprint density at radius 3 is 2.07 bits per heavy atom. The van der Waals surface area contributed by atoms with E-state index in [0.717, 1.165) is 25.8 Å². The Labute approximate surface area is 95.2 Å². The van der Waals surface area contributed by atoms with Crippen LogP contribution >= 0.6 is 0 Å². The van der Waals surface area contributed by atoms with Crippen LogP contribution in [0.25, 0.3) is 0 Å². The fourth-order valence-corrected chi connectivity index (χ4v) is 1.23. The van der Waals surface area contributed by atoms with E-state index < -0.39 is 0 Å². The summed E-state index contributed by atoms with van der Waals surface area (Å²) in [5.41, 5.74) is 0. The van der Waals surface area contributed by atoms with Crippen molar-refractivity contribution in [1.82, 2.24) is 10.2 Å². The molecule has 0 aromatic heterocycles. The first-order valence-electron chi connectivity index (χ1n) is 6.08. The number of hydrogen-bond donors (Lipinski definition) is 1. The maximum atomic E-state index is 11.6. The van der Waals surface area contributed by atoms with Gasteiger partial charge in [0.1, 0.15) is 0 Å². The minimum Gasteiger partial charge on any atom is -0.347 e. The summed E-state index contributed by atoms with van der Waals surface area (Å²) >= 11 is 0. The molecule has 0 fully saturated rings. The number of carbonyl (C=O) groups is 1. The SMILES string of the molecule is CC.CCCNC(CCC)C(=O)N(C)C. The normalized spacial score (nSPS) is 11.3. The lowest BCUT2D eigenvalue weighted by atomic mass is 10.1. The molecule has 0 heterocycles. The lowest BCUT2D eigenvalue weighted by molar-refractivity contribution is -0.131. The molecule has 0 bridgehead atoms. The molecule has 0 rings (SSSR count). The highest BCUT2D eigenvalue weighted by Crippen LogP contribution is 1.99. The van der Waals surface area contributed by atoms with Gasteiger partial charge in [-0.3, -0.25) is 4.79 Å². The molecule has 1 amide bonds. The number of amides is 1. The van der Waals surface area contributed by atoms with E-state index >= 15 is 0 Å². The van der Waals surface area contributed by atoms with Gasteiger partial charge in [0.25, 0.3) is 0 Å². The summed E-state index contributed by atoms with van der Waals surface area (Å²) in [7, 11) is 3.61. The molecule has 1 atom stereocenters. The average molecular weight is 216 g/mol. The van der Waals surface area contributed by atoms with Crippen molar-refractivity contribution in [3.05, 3.63) is 0 Å². The minimum absolute atomic E-state index is 0.0138. The molecule has 0 spiro atoms. The Balaban J connectivity index is 0. The Morgan fingerprint density at radius 2 is 1.73 bits per heavy atom. The highest BCUT2D eigenvalue weighted by molar-refractivity contribution is 5.81.